The van der Waals surface area contributed by atoms with E-state index >= 15 is 0 Å². The molecule has 0 saturated carbocycles. The van der Waals surface area contributed by atoms with Gasteiger partial charge in [0.05, 0.1) is 5.76 Å². The minimum absolute atomic E-state index is 0.287. The van der Waals surface area contributed by atoms with E-state index in [0.29, 0.717) is 5.92 Å². The van der Waals surface area contributed by atoms with E-state index < -0.39 is 0 Å². The molecular formula is C10H12O. The Morgan fingerprint density at radius 3 is 2.91 bits per heavy atom. The highest BCUT2D eigenvalue weighted by Crippen LogP contribution is 2.28. The van der Waals surface area contributed by atoms with Gasteiger partial charge in [0.15, 0.2) is 0 Å². The van der Waals surface area contributed by atoms with Crippen molar-refractivity contribution in [2.75, 3.05) is 0 Å². The second-order valence-corrected chi connectivity index (χ2v) is 2.92. The first-order valence-electron chi connectivity index (χ1n) is 4.12. The minimum Gasteiger partial charge on any atom is -0.490 e. The van der Waals surface area contributed by atoms with Gasteiger partial charge in [-0.2, -0.15) is 0 Å². The van der Waals surface area contributed by atoms with Crippen LogP contribution >= 0.6 is 0 Å². The lowest BCUT2D eigenvalue weighted by Crippen LogP contribution is -2.13. The van der Waals surface area contributed by atoms with Crippen LogP contribution in [0.1, 0.15) is 13.3 Å². The molecule has 0 aromatic carbocycles. The number of allylic oxidation sites excluding steroid dienone is 3. The van der Waals surface area contributed by atoms with Crippen LogP contribution in [0.25, 0.3) is 0 Å². The van der Waals surface area contributed by atoms with Gasteiger partial charge >= 0.3 is 0 Å². The van der Waals surface area contributed by atoms with Crippen molar-refractivity contribution >= 4 is 0 Å². The molecule has 1 aliphatic carbocycles. The fourth-order valence-corrected chi connectivity index (χ4v) is 1.50. The summed E-state index contributed by atoms with van der Waals surface area (Å²) in [5.74, 6) is 1.63. The second-order valence-electron chi connectivity index (χ2n) is 2.92. The first kappa shape index (κ1) is 6.71. The van der Waals surface area contributed by atoms with Crippen LogP contribution in [0.15, 0.2) is 36.1 Å². The number of fused-ring (bicyclic) bond motifs is 1. The van der Waals surface area contributed by atoms with Crippen molar-refractivity contribution in [2.45, 2.75) is 19.4 Å². The van der Waals surface area contributed by atoms with Crippen molar-refractivity contribution in [2.24, 2.45) is 5.92 Å². The van der Waals surface area contributed by atoms with Crippen LogP contribution in [0.3, 0.4) is 0 Å². The van der Waals surface area contributed by atoms with E-state index in [9.17, 15) is 0 Å². The summed E-state index contributed by atoms with van der Waals surface area (Å²) in [5.41, 5.74) is 0. The van der Waals surface area contributed by atoms with Crippen molar-refractivity contribution in [3.05, 3.63) is 36.1 Å². The lowest BCUT2D eigenvalue weighted by atomic mass is 9.99. The van der Waals surface area contributed by atoms with Gasteiger partial charge in [-0.3, -0.25) is 0 Å². The molecule has 1 nitrogen and oxygen atoms in total. The maximum absolute atomic E-state index is 5.64. The van der Waals surface area contributed by atoms with Gasteiger partial charge in [-0.15, -0.1) is 0 Å². The molecule has 0 N–H and O–H groups in total. The molecule has 58 valence electrons. The number of hydrogen-bond acceptors (Lipinski definition) is 1. The minimum atomic E-state index is 0.287. The van der Waals surface area contributed by atoms with E-state index in [1.165, 1.54) is 0 Å². The first-order valence-corrected chi connectivity index (χ1v) is 4.12. The summed E-state index contributed by atoms with van der Waals surface area (Å²) in [6, 6.07) is 0. The Bertz CT molecular complexity index is 235. The van der Waals surface area contributed by atoms with Crippen LogP contribution in [0.2, 0.25) is 0 Å². The standard InChI is InChI=1S/C10H12O/c1-2-9-7-8-5-3-4-6-10(8)11-9/h3-8,10H,2H2,1H3. The van der Waals surface area contributed by atoms with Crippen molar-refractivity contribution in [3.8, 4) is 0 Å². The van der Waals surface area contributed by atoms with E-state index in [2.05, 4.69) is 31.2 Å². The summed E-state index contributed by atoms with van der Waals surface area (Å²) in [4.78, 5) is 0. The zero-order chi connectivity index (χ0) is 7.68. The third kappa shape index (κ3) is 1.11. The Hall–Kier alpha value is -0.980. The lowest BCUT2D eigenvalue weighted by Gasteiger charge is -2.14. The fourth-order valence-electron chi connectivity index (χ4n) is 1.50. The zero-order valence-electron chi connectivity index (χ0n) is 6.66. The summed E-state index contributed by atoms with van der Waals surface area (Å²) < 4.78 is 5.64. The average molecular weight is 148 g/mol. The third-order valence-corrected chi connectivity index (χ3v) is 2.14. The van der Waals surface area contributed by atoms with Gasteiger partial charge in [0.1, 0.15) is 6.10 Å². The first-order chi connectivity index (χ1) is 5.40. The summed E-state index contributed by atoms with van der Waals surface area (Å²) in [7, 11) is 0. The van der Waals surface area contributed by atoms with E-state index in [4.69, 9.17) is 4.74 Å². The Morgan fingerprint density at radius 2 is 2.18 bits per heavy atom. The van der Waals surface area contributed by atoms with Crippen molar-refractivity contribution in [3.63, 3.8) is 0 Å². The molecule has 0 radical (unpaired) electrons. The molecule has 1 heterocycles. The molecule has 0 spiro atoms. The molecule has 0 fully saturated rings. The van der Waals surface area contributed by atoms with E-state index in [1.807, 2.05) is 6.08 Å². The maximum Gasteiger partial charge on any atom is 0.126 e. The third-order valence-electron chi connectivity index (χ3n) is 2.14. The number of hydrogen-bond donors (Lipinski definition) is 0. The molecule has 2 atom stereocenters. The highest BCUT2D eigenvalue weighted by Gasteiger charge is 2.24. The van der Waals surface area contributed by atoms with Gasteiger partial charge in [0, 0.05) is 12.3 Å². The predicted octanol–water partition coefficient (Wildman–Crippen LogP) is 2.42. The Labute approximate surface area is 67.1 Å². The van der Waals surface area contributed by atoms with Gasteiger partial charge in [-0.05, 0) is 12.2 Å². The van der Waals surface area contributed by atoms with Gasteiger partial charge in [-0.25, -0.2) is 0 Å². The Morgan fingerprint density at radius 1 is 1.36 bits per heavy atom. The molecule has 0 aromatic rings. The Kier molecular flexibility index (Phi) is 1.57. The fraction of sp³-hybridized carbons (Fsp3) is 0.400. The lowest BCUT2D eigenvalue weighted by molar-refractivity contribution is 0.159. The molecule has 0 amide bonds. The van der Waals surface area contributed by atoms with Crippen LogP contribution in [-0.2, 0) is 4.74 Å². The van der Waals surface area contributed by atoms with Crippen molar-refractivity contribution in [1.82, 2.24) is 0 Å². The zero-order valence-corrected chi connectivity index (χ0v) is 6.66. The molecule has 2 aliphatic rings. The molecule has 2 rings (SSSR count). The van der Waals surface area contributed by atoms with Gasteiger partial charge in [0.25, 0.3) is 0 Å². The van der Waals surface area contributed by atoms with Crippen LogP contribution < -0.4 is 0 Å². The molecule has 1 heteroatoms. The quantitative estimate of drug-likeness (QED) is 0.555. The molecule has 1 aliphatic heterocycles. The number of ether oxygens (including phenoxy) is 1. The van der Waals surface area contributed by atoms with E-state index in [-0.39, 0.29) is 6.10 Å². The van der Waals surface area contributed by atoms with Crippen molar-refractivity contribution in [1.29, 1.82) is 0 Å². The molecule has 0 bridgehead atoms. The molecule has 2 unspecified atom stereocenters. The van der Waals surface area contributed by atoms with Gasteiger partial charge in [0.2, 0.25) is 0 Å². The van der Waals surface area contributed by atoms with Gasteiger partial charge < -0.3 is 4.74 Å². The van der Waals surface area contributed by atoms with Crippen LogP contribution in [-0.4, -0.2) is 6.10 Å². The summed E-state index contributed by atoms with van der Waals surface area (Å²) in [6.07, 6.45) is 11.9. The van der Waals surface area contributed by atoms with Crippen LogP contribution in [0, 0.1) is 5.92 Å². The monoisotopic (exact) mass is 148 g/mol. The second kappa shape index (κ2) is 2.57. The average Bonchev–Trinajstić information content (AvgIpc) is 2.46. The highest BCUT2D eigenvalue weighted by molar-refractivity contribution is 5.24. The summed E-state index contributed by atoms with van der Waals surface area (Å²) in [6.45, 7) is 2.12. The molecule has 11 heavy (non-hydrogen) atoms. The van der Waals surface area contributed by atoms with Gasteiger partial charge in [-0.1, -0.05) is 25.2 Å². The predicted molar refractivity (Wildman–Crippen MR) is 45.0 cm³/mol. The topological polar surface area (TPSA) is 9.23 Å². The van der Waals surface area contributed by atoms with Crippen LogP contribution in [0.5, 0.6) is 0 Å². The molecule has 0 saturated heterocycles. The number of rotatable bonds is 1. The summed E-state index contributed by atoms with van der Waals surface area (Å²) in [5, 5.41) is 0. The highest BCUT2D eigenvalue weighted by atomic mass is 16.5. The maximum atomic E-state index is 5.64. The normalized spacial score (nSPS) is 33.0. The SMILES string of the molecule is CCC1=CC2C=CC=CC2O1. The van der Waals surface area contributed by atoms with E-state index in [1.54, 1.807) is 0 Å². The largest absolute Gasteiger partial charge is 0.490 e. The molecular weight excluding hydrogens is 136 g/mol. The van der Waals surface area contributed by atoms with E-state index in [0.717, 1.165) is 12.2 Å². The summed E-state index contributed by atoms with van der Waals surface area (Å²) >= 11 is 0. The molecule has 0 aromatic heterocycles. The smallest absolute Gasteiger partial charge is 0.126 e. The van der Waals surface area contributed by atoms with Crippen molar-refractivity contribution < 1.29 is 4.74 Å². The Balaban J connectivity index is 2.16. The van der Waals surface area contributed by atoms with Crippen LogP contribution in [0.4, 0.5) is 0 Å².